The molecule has 0 spiro atoms. The van der Waals surface area contributed by atoms with Crippen molar-refractivity contribution in [1.29, 1.82) is 0 Å². The van der Waals surface area contributed by atoms with Crippen LogP contribution in [0.15, 0.2) is 33.6 Å². The Labute approximate surface area is 103 Å². The largest absolute Gasteiger partial charge is 0.380 e. The molecule has 0 aliphatic carbocycles. The van der Waals surface area contributed by atoms with Gasteiger partial charge in [-0.15, -0.1) is 0 Å². The van der Waals surface area contributed by atoms with Gasteiger partial charge >= 0.3 is 0 Å². The maximum absolute atomic E-state index is 5.41. The van der Waals surface area contributed by atoms with E-state index in [0.717, 1.165) is 24.1 Å². The topological polar surface area (TPSA) is 21.3 Å². The first-order chi connectivity index (χ1) is 7.34. The van der Waals surface area contributed by atoms with E-state index in [1.165, 1.54) is 11.3 Å². The highest BCUT2D eigenvalue weighted by Crippen LogP contribution is 2.21. The summed E-state index contributed by atoms with van der Waals surface area (Å²) in [4.78, 5) is 1.23. The molecule has 1 unspecified atom stereocenters. The highest BCUT2D eigenvalue weighted by atomic mass is 79.9. The summed E-state index contributed by atoms with van der Waals surface area (Å²) in [7, 11) is 0. The molecule has 1 saturated heterocycles. The van der Waals surface area contributed by atoms with Gasteiger partial charge in [0, 0.05) is 22.0 Å². The van der Waals surface area contributed by atoms with E-state index in [9.17, 15) is 0 Å². The molecule has 1 aromatic rings. The minimum absolute atomic E-state index is 0.489. The zero-order chi connectivity index (χ0) is 10.5. The molecule has 0 radical (unpaired) electrons. The van der Waals surface area contributed by atoms with Gasteiger partial charge in [0.05, 0.1) is 6.61 Å². The molecule has 1 aliphatic rings. The Morgan fingerprint density at radius 1 is 1.47 bits per heavy atom. The standard InChI is InChI=1S/C11H14BrNOS/c12-9-3-1-5-11(7-9)15-13-10-4-2-6-14-8-10/h1,3,5,7,10,13H,2,4,6,8H2. The van der Waals surface area contributed by atoms with E-state index in [-0.39, 0.29) is 0 Å². The summed E-state index contributed by atoms with van der Waals surface area (Å²) in [6.07, 6.45) is 2.37. The van der Waals surface area contributed by atoms with Gasteiger partial charge in [-0.25, -0.2) is 0 Å². The summed E-state index contributed by atoms with van der Waals surface area (Å²) >= 11 is 5.14. The number of halogens is 1. The van der Waals surface area contributed by atoms with Crippen molar-refractivity contribution < 1.29 is 4.74 Å². The average Bonchev–Trinajstić information content (AvgIpc) is 2.28. The van der Waals surface area contributed by atoms with Gasteiger partial charge < -0.3 is 4.74 Å². The van der Waals surface area contributed by atoms with Gasteiger partial charge in [-0.1, -0.05) is 22.0 Å². The number of rotatable bonds is 3. The van der Waals surface area contributed by atoms with E-state index in [0.29, 0.717) is 6.04 Å². The molecule has 1 aliphatic heterocycles. The number of hydrogen-bond acceptors (Lipinski definition) is 3. The maximum atomic E-state index is 5.41. The smallest absolute Gasteiger partial charge is 0.0628 e. The Kier molecular flexibility index (Phi) is 4.50. The number of hydrogen-bond donors (Lipinski definition) is 1. The van der Waals surface area contributed by atoms with Crippen molar-refractivity contribution in [2.45, 2.75) is 23.8 Å². The van der Waals surface area contributed by atoms with Crippen LogP contribution in [0.5, 0.6) is 0 Å². The van der Waals surface area contributed by atoms with E-state index < -0.39 is 0 Å². The highest BCUT2D eigenvalue weighted by Gasteiger charge is 2.13. The van der Waals surface area contributed by atoms with E-state index >= 15 is 0 Å². The van der Waals surface area contributed by atoms with Crippen molar-refractivity contribution in [3.8, 4) is 0 Å². The van der Waals surface area contributed by atoms with Crippen LogP contribution in [0.3, 0.4) is 0 Å². The van der Waals surface area contributed by atoms with Crippen LogP contribution >= 0.6 is 27.9 Å². The Hall–Kier alpha value is -0.0300. The van der Waals surface area contributed by atoms with Gasteiger partial charge in [0.25, 0.3) is 0 Å². The second-order valence-electron chi connectivity index (χ2n) is 3.59. The molecule has 1 heterocycles. The first-order valence-electron chi connectivity index (χ1n) is 5.10. The lowest BCUT2D eigenvalue weighted by molar-refractivity contribution is 0.0783. The molecule has 1 atom stereocenters. The molecule has 1 N–H and O–H groups in total. The summed E-state index contributed by atoms with van der Waals surface area (Å²) in [6.45, 7) is 1.75. The molecule has 2 rings (SSSR count). The Morgan fingerprint density at radius 3 is 3.13 bits per heavy atom. The van der Waals surface area contributed by atoms with Crippen LogP contribution in [-0.4, -0.2) is 19.3 Å². The predicted octanol–water partition coefficient (Wildman–Crippen LogP) is 3.22. The minimum Gasteiger partial charge on any atom is -0.380 e. The summed E-state index contributed by atoms with van der Waals surface area (Å²) < 4.78 is 9.96. The first kappa shape index (κ1) is 11.5. The van der Waals surface area contributed by atoms with Crippen molar-refractivity contribution >= 4 is 27.9 Å². The SMILES string of the molecule is Brc1cccc(SNC2CCCOC2)c1. The fourth-order valence-electron chi connectivity index (χ4n) is 1.52. The van der Waals surface area contributed by atoms with E-state index in [1.54, 1.807) is 11.9 Å². The molecule has 4 heteroatoms. The van der Waals surface area contributed by atoms with Crippen LogP contribution in [0, 0.1) is 0 Å². The van der Waals surface area contributed by atoms with Crippen molar-refractivity contribution in [2.24, 2.45) is 0 Å². The Bertz CT molecular complexity index is 315. The normalized spacial score (nSPS) is 21.5. The lowest BCUT2D eigenvalue weighted by Crippen LogP contribution is -2.32. The van der Waals surface area contributed by atoms with Crippen LogP contribution in [0.25, 0.3) is 0 Å². The second-order valence-corrected chi connectivity index (χ2v) is 5.42. The van der Waals surface area contributed by atoms with Crippen LogP contribution in [0.2, 0.25) is 0 Å². The summed E-state index contributed by atoms with van der Waals surface area (Å²) in [5.74, 6) is 0. The monoisotopic (exact) mass is 287 g/mol. The lowest BCUT2D eigenvalue weighted by atomic mass is 10.1. The molecule has 15 heavy (non-hydrogen) atoms. The third kappa shape index (κ3) is 3.79. The second kappa shape index (κ2) is 5.89. The number of ether oxygens (including phenoxy) is 1. The first-order valence-corrected chi connectivity index (χ1v) is 6.71. The molecule has 1 fully saturated rings. The van der Waals surface area contributed by atoms with Crippen LogP contribution in [-0.2, 0) is 4.74 Å². The van der Waals surface area contributed by atoms with E-state index in [4.69, 9.17) is 4.74 Å². The summed E-state index contributed by atoms with van der Waals surface area (Å²) in [5.41, 5.74) is 0. The van der Waals surface area contributed by atoms with Gasteiger partial charge in [0.15, 0.2) is 0 Å². The zero-order valence-electron chi connectivity index (χ0n) is 8.41. The molecule has 0 amide bonds. The Balaban J connectivity index is 1.81. The Morgan fingerprint density at radius 2 is 2.40 bits per heavy atom. The number of nitrogens with one attached hydrogen (secondary N) is 1. The lowest BCUT2D eigenvalue weighted by Gasteiger charge is -2.22. The molecule has 0 bridgehead atoms. The van der Waals surface area contributed by atoms with Gasteiger partial charge in [-0.05, 0) is 43.0 Å². The van der Waals surface area contributed by atoms with Crippen LogP contribution in [0.1, 0.15) is 12.8 Å². The molecular weight excluding hydrogens is 274 g/mol. The van der Waals surface area contributed by atoms with Crippen LogP contribution in [0.4, 0.5) is 0 Å². The molecule has 2 nitrogen and oxygen atoms in total. The van der Waals surface area contributed by atoms with Crippen molar-refractivity contribution in [1.82, 2.24) is 4.72 Å². The zero-order valence-corrected chi connectivity index (χ0v) is 10.8. The van der Waals surface area contributed by atoms with E-state index in [1.807, 2.05) is 12.1 Å². The maximum Gasteiger partial charge on any atom is 0.0628 e. The summed E-state index contributed by atoms with van der Waals surface area (Å²) in [5, 5.41) is 0. The van der Waals surface area contributed by atoms with Crippen molar-refractivity contribution in [3.63, 3.8) is 0 Å². The van der Waals surface area contributed by atoms with E-state index in [2.05, 4.69) is 32.8 Å². The fourth-order valence-corrected chi connectivity index (χ4v) is 2.89. The van der Waals surface area contributed by atoms with Gasteiger partial charge in [-0.3, -0.25) is 4.72 Å². The quantitative estimate of drug-likeness (QED) is 0.863. The highest BCUT2D eigenvalue weighted by molar-refractivity contribution is 9.10. The average molecular weight is 288 g/mol. The summed E-state index contributed by atoms with van der Waals surface area (Å²) in [6, 6.07) is 8.79. The minimum atomic E-state index is 0.489. The third-order valence-electron chi connectivity index (χ3n) is 2.30. The fraction of sp³-hybridized carbons (Fsp3) is 0.455. The molecule has 82 valence electrons. The third-order valence-corrected chi connectivity index (χ3v) is 3.73. The molecule has 1 aromatic carbocycles. The van der Waals surface area contributed by atoms with Gasteiger partial charge in [0.1, 0.15) is 0 Å². The molecule has 0 saturated carbocycles. The van der Waals surface area contributed by atoms with Crippen molar-refractivity contribution in [3.05, 3.63) is 28.7 Å². The van der Waals surface area contributed by atoms with Gasteiger partial charge in [-0.2, -0.15) is 0 Å². The van der Waals surface area contributed by atoms with Crippen molar-refractivity contribution in [2.75, 3.05) is 13.2 Å². The predicted molar refractivity (Wildman–Crippen MR) is 67.0 cm³/mol. The molecular formula is C11H14BrNOS. The van der Waals surface area contributed by atoms with Crippen LogP contribution < -0.4 is 4.72 Å². The molecule has 0 aromatic heterocycles. The number of benzene rings is 1. The van der Waals surface area contributed by atoms with Gasteiger partial charge in [0.2, 0.25) is 0 Å².